The zero-order valence-electron chi connectivity index (χ0n) is 10.8. The third-order valence-electron chi connectivity index (χ3n) is 2.67. The average molecular weight is 319 g/mol. The van der Waals surface area contributed by atoms with E-state index in [-0.39, 0.29) is 0 Å². The van der Waals surface area contributed by atoms with Gasteiger partial charge in [-0.15, -0.1) is 11.3 Å². The number of nitrogens with one attached hydrogen (secondary N) is 1. The van der Waals surface area contributed by atoms with E-state index in [4.69, 9.17) is 0 Å². The van der Waals surface area contributed by atoms with Gasteiger partial charge in [0.05, 0.1) is 0 Å². The van der Waals surface area contributed by atoms with Gasteiger partial charge in [0.15, 0.2) is 0 Å². The maximum atomic E-state index is 3.49. The Morgan fingerprint density at radius 3 is 2.82 bits per heavy atom. The number of rotatable bonds is 9. The molecule has 4 heteroatoms. The number of unbranched alkanes of at least 4 members (excludes halogenated alkanes) is 2. The molecular weight excluding hydrogens is 296 g/mol. The van der Waals surface area contributed by atoms with Crippen LogP contribution < -0.4 is 5.32 Å². The van der Waals surface area contributed by atoms with Gasteiger partial charge in [-0.1, -0.05) is 19.8 Å². The Kier molecular flexibility index (Phi) is 8.10. The van der Waals surface area contributed by atoms with Gasteiger partial charge in [-0.3, -0.25) is 0 Å². The third-order valence-corrected chi connectivity index (χ3v) is 4.36. The van der Waals surface area contributed by atoms with Crippen molar-refractivity contribution in [2.45, 2.75) is 32.7 Å². The highest BCUT2D eigenvalue weighted by Gasteiger charge is 2.02. The van der Waals surface area contributed by atoms with Crippen LogP contribution in [0.25, 0.3) is 0 Å². The fourth-order valence-electron chi connectivity index (χ4n) is 1.68. The number of nitrogens with zero attached hydrogens (tertiary/aromatic N) is 1. The molecule has 1 N–H and O–H groups in total. The minimum absolute atomic E-state index is 1.05. The van der Waals surface area contributed by atoms with Crippen molar-refractivity contribution in [1.29, 1.82) is 0 Å². The maximum Gasteiger partial charge on any atom is 0.0325 e. The molecule has 0 bridgehead atoms. The zero-order chi connectivity index (χ0) is 12.5. The third kappa shape index (κ3) is 7.19. The van der Waals surface area contributed by atoms with Crippen LogP contribution in [0, 0.1) is 0 Å². The largest absolute Gasteiger partial charge is 0.315 e. The second-order valence-electron chi connectivity index (χ2n) is 4.43. The molecule has 1 heterocycles. The number of hydrogen-bond acceptors (Lipinski definition) is 3. The van der Waals surface area contributed by atoms with Crippen molar-refractivity contribution >= 4 is 27.3 Å². The molecule has 0 saturated carbocycles. The molecule has 0 atom stereocenters. The molecule has 0 aliphatic rings. The molecule has 17 heavy (non-hydrogen) atoms. The molecule has 1 rings (SSSR count). The van der Waals surface area contributed by atoms with Gasteiger partial charge in [0.1, 0.15) is 0 Å². The quantitative estimate of drug-likeness (QED) is 0.698. The fraction of sp³-hybridized carbons (Fsp3) is 0.692. The molecule has 0 amide bonds. The van der Waals surface area contributed by atoms with E-state index in [1.165, 1.54) is 28.6 Å². The van der Waals surface area contributed by atoms with Crippen molar-refractivity contribution in [3.63, 3.8) is 0 Å². The summed E-state index contributed by atoms with van der Waals surface area (Å²) in [5.41, 5.74) is 0. The van der Waals surface area contributed by atoms with Crippen molar-refractivity contribution in [1.82, 2.24) is 10.2 Å². The molecule has 0 aliphatic carbocycles. The Morgan fingerprint density at radius 1 is 1.35 bits per heavy atom. The Morgan fingerprint density at radius 2 is 2.18 bits per heavy atom. The summed E-state index contributed by atoms with van der Waals surface area (Å²) in [6, 6.07) is 2.20. The van der Waals surface area contributed by atoms with Gasteiger partial charge in [0.25, 0.3) is 0 Å². The molecular formula is C13H23BrN2S. The lowest BCUT2D eigenvalue weighted by Crippen LogP contribution is -2.29. The molecule has 1 aromatic rings. The molecule has 0 radical (unpaired) electrons. The first-order valence-electron chi connectivity index (χ1n) is 6.34. The van der Waals surface area contributed by atoms with Crippen LogP contribution in [0.1, 0.15) is 31.1 Å². The second-order valence-corrected chi connectivity index (χ2v) is 6.34. The van der Waals surface area contributed by atoms with Gasteiger partial charge in [-0.2, -0.15) is 0 Å². The second kappa shape index (κ2) is 9.09. The summed E-state index contributed by atoms with van der Waals surface area (Å²) in [4.78, 5) is 3.79. The monoisotopic (exact) mass is 318 g/mol. The van der Waals surface area contributed by atoms with Crippen LogP contribution in [0.15, 0.2) is 15.9 Å². The summed E-state index contributed by atoms with van der Waals surface area (Å²) in [6.07, 6.45) is 3.94. The van der Waals surface area contributed by atoms with Gasteiger partial charge < -0.3 is 10.2 Å². The molecule has 2 nitrogen and oxygen atoms in total. The molecule has 0 saturated heterocycles. The van der Waals surface area contributed by atoms with E-state index in [2.05, 4.69) is 51.6 Å². The van der Waals surface area contributed by atoms with Crippen LogP contribution in [0.5, 0.6) is 0 Å². The predicted molar refractivity (Wildman–Crippen MR) is 80.7 cm³/mol. The molecule has 98 valence electrons. The standard InChI is InChI=1S/C13H23BrN2S/c1-3-4-5-6-15-7-8-16(2)10-13-9-12(14)11-17-13/h9,11,15H,3-8,10H2,1-2H3. The van der Waals surface area contributed by atoms with E-state index >= 15 is 0 Å². The average Bonchev–Trinajstić information content (AvgIpc) is 2.69. The summed E-state index contributed by atoms with van der Waals surface area (Å²) in [7, 11) is 2.18. The van der Waals surface area contributed by atoms with E-state index in [0.717, 1.165) is 26.2 Å². The Labute approximate surface area is 118 Å². The Hall–Kier alpha value is 0.1000. The molecule has 1 aromatic heterocycles. The highest BCUT2D eigenvalue weighted by molar-refractivity contribution is 9.10. The molecule has 0 fully saturated rings. The van der Waals surface area contributed by atoms with Crippen LogP contribution in [0.4, 0.5) is 0 Å². The Balaban J connectivity index is 2.03. The Bertz CT molecular complexity index is 301. The summed E-state index contributed by atoms with van der Waals surface area (Å²) in [5.74, 6) is 0. The summed E-state index contributed by atoms with van der Waals surface area (Å²) in [6.45, 7) is 6.65. The number of likely N-dealkylation sites (N-methyl/N-ethyl adjacent to an activating group) is 1. The van der Waals surface area contributed by atoms with Gasteiger partial charge >= 0.3 is 0 Å². The highest BCUT2D eigenvalue weighted by atomic mass is 79.9. The van der Waals surface area contributed by atoms with E-state index in [9.17, 15) is 0 Å². The predicted octanol–water partition coefficient (Wildman–Crippen LogP) is 3.72. The number of thiophene rings is 1. The normalized spacial score (nSPS) is 11.3. The first-order chi connectivity index (χ1) is 8.22. The SMILES string of the molecule is CCCCCNCCN(C)Cc1cc(Br)cs1. The molecule has 0 aromatic carbocycles. The molecule has 0 aliphatic heterocycles. The molecule has 0 spiro atoms. The zero-order valence-corrected chi connectivity index (χ0v) is 13.2. The van der Waals surface area contributed by atoms with Crippen LogP contribution in [-0.2, 0) is 6.54 Å². The number of halogens is 1. The van der Waals surface area contributed by atoms with Crippen molar-refractivity contribution in [2.75, 3.05) is 26.7 Å². The topological polar surface area (TPSA) is 15.3 Å². The fourth-order valence-corrected chi connectivity index (χ4v) is 3.21. The lowest BCUT2D eigenvalue weighted by Gasteiger charge is -2.15. The van der Waals surface area contributed by atoms with Crippen LogP contribution in [-0.4, -0.2) is 31.6 Å². The van der Waals surface area contributed by atoms with Gasteiger partial charge in [-0.05, 0) is 42.0 Å². The lowest BCUT2D eigenvalue weighted by molar-refractivity contribution is 0.327. The summed E-state index contributed by atoms with van der Waals surface area (Å²) in [5, 5.41) is 5.64. The smallest absolute Gasteiger partial charge is 0.0325 e. The van der Waals surface area contributed by atoms with Gasteiger partial charge in [0.2, 0.25) is 0 Å². The minimum atomic E-state index is 1.05. The van der Waals surface area contributed by atoms with E-state index in [0.29, 0.717) is 0 Å². The van der Waals surface area contributed by atoms with E-state index < -0.39 is 0 Å². The van der Waals surface area contributed by atoms with Crippen LogP contribution in [0.3, 0.4) is 0 Å². The first kappa shape index (κ1) is 15.2. The van der Waals surface area contributed by atoms with E-state index in [1.54, 1.807) is 0 Å². The number of hydrogen-bond donors (Lipinski definition) is 1. The van der Waals surface area contributed by atoms with Crippen molar-refractivity contribution in [3.05, 3.63) is 20.8 Å². The first-order valence-corrected chi connectivity index (χ1v) is 8.01. The van der Waals surface area contributed by atoms with E-state index in [1.807, 2.05) is 11.3 Å². The van der Waals surface area contributed by atoms with Crippen LogP contribution in [0.2, 0.25) is 0 Å². The summed E-state index contributed by atoms with van der Waals surface area (Å²) >= 11 is 5.31. The summed E-state index contributed by atoms with van der Waals surface area (Å²) < 4.78 is 1.20. The van der Waals surface area contributed by atoms with Crippen LogP contribution >= 0.6 is 27.3 Å². The van der Waals surface area contributed by atoms with Crippen molar-refractivity contribution in [3.8, 4) is 0 Å². The lowest BCUT2D eigenvalue weighted by atomic mass is 10.2. The maximum absolute atomic E-state index is 3.49. The highest BCUT2D eigenvalue weighted by Crippen LogP contribution is 2.20. The van der Waals surface area contributed by atoms with Crippen molar-refractivity contribution in [2.24, 2.45) is 0 Å². The van der Waals surface area contributed by atoms with Gasteiger partial charge in [-0.25, -0.2) is 0 Å². The minimum Gasteiger partial charge on any atom is -0.315 e. The molecule has 0 unspecified atom stereocenters. The van der Waals surface area contributed by atoms with Crippen molar-refractivity contribution < 1.29 is 0 Å². The van der Waals surface area contributed by atoms with Gasteiger partial charge in [0, 0.05) is 34.4 Å².